The van der Waals surface area contributed by atoms with Crippen LogP contribution in [0, 0.1) is 6.08 Å². The third kappa shape index (κ3) is 5.92. The summed E-state index contributed by atoms with van der Waals surface area (Å²) in [7, 11) is 0. The maximum absolute atomic E-state index is 5.03. The molecule has 1 aliphatic rings. The van der Waals surface area contributed by atoms with Gasteiger partial charge in [-0.2, -0.15) is 6.08 Å². The molecule has 0 amide bonds. The van der Waals surface area contributed by atoms with E-state index in [0.29, 0.717) is 5.75 Å². The van der Waals surface area contributed by atoms with Gasteiger partial charge in [0.15, 0.2) is 0 Å². The van der Waals surface area contributed by atoms with Gasteiger partial charge in [0.05, 0.1) is 0 Å². The van der Waals surface area contributed by atoms with Crippen molar-refractivity contribution in [3.63, 3.8) is 0 Å². The van der Waals surface area contributed by atoms with E-state index in [1.54, 1.807) is 12.1 Å². The van der Waals surface area contributed by atoms with Crippen molar-refractivity contribution in [2.45, 2.75) is 6.42 Å². The molecule has 3 heteroatoms. The van der Waals surface area contributed by atoms with Crippen molar-refractivity contribution >= 4 is 11.9 Å². The predicted octanol–water partition coefficient (Wildman–Crippen LogP) is 3.52. The van der Waals surface area contributed by atoms with E-state index in [-0.39, 0.29) is 18.6 Å². The van der Waals surface area contributed by atoms with Crippen LogP contribution in [0.25, 0.3) is 0 Å². The number of para-hydroxylation sites is 1. The fourth-order valence-electron chi connectivity index (χ4n) is 0.812. The standard InChI is InChI=1S/C6H5ClO.C5H5.V/c7-8-6-4-2-1-3-5-6;1-2-4-5-3-1;/h1-5H;1-3H,4H2;/q;-1;+2. The molecule has 0 heterocycles. The number of allylic oxidation sites excluding steroid dienone is 4. The molecule has 1 nitrogen and oxygen atoms in total. The van der Waals surface area contributed by atoms with Crippen molar-refractivity contribution in [2.75, 3.05) is 0 Å². The van der Waals surface area contributed by atoms with Crippen LogP contribution in [0.2, 0.25) is 0 Å². The van der Waals surface area contributed by atoms with Gasteiger partial charge in [0.25, 0.3) is 0 Å². The smallest absolute Gasteiger partial charge is 0.386 e. The Kier molecular flexibility index (Phi) is 8.55. The summed E-state index contributed by atoms with van der Waals surface area (Å²) in [6, 6.07) is 9.19. The Labute approximate surface area is 101 Å². The summed E-state index contributed by atoms with van der Waals surface area (Å²) in [4.78, 5) is 0. The fraction of sp³-hybridized carbons (Fsp3) is 0.0909. The van der Waals surface area contributed by atoms with Gasteiger partial charge in [-0.1, -0.05) is 18.2 Å². The van der Waals surface area contributed by atoms with Gasteiger partial charge in [-0.25, -0.2) is 12.2 Å². The van der Waals surface area contributed by atoms with Gasteiger partial charge in [0, 0.05) is 0 Å². The van der Waals surface area contributed by atoms with Crippen LogP contribution >= 0.6 is 11.9 Å². The zero-order valence-electron chi connectivity index (χ0n) is 7.56. The fourth-order valence-corrected chi connectivity index (χ4v) is 0.915. The third-order valence-electron chi connectivity index (χ3n) is 1.42. The van der Waals surface area contributed by atoms with Gasteiger partial charge in [-0.15, -0.1) is 6.42 Å². The summed E-state index contributed by atoms with van der Waals surface area (Å²) in [6.45, 7) is 0. The quantitative estimate of drug-likeness (QED) is 0.687. The van der Waals surface area contributed by atoms with E-state index in [4.69, 9.17) is 11.9 Å². The number of benzene rings is 1. The van der Waals surface area contributed by atoms with Gasteiger partial charge in [0.1, 0.15) is 17.6 Å². The maximum atomic E-state index is 5.03. The third-order valence-corrected chi connectivity index (χ3v) is 1.60. The molecule has 0 unspecified atom stereocenters. The summed E-state index contributed by atoms with van der Waals surface area (Å²) in [5.41, 5.74) is 0. The van der Waals surface area contributed by atoms with Crippen molar-refractivity contribution in [1.82, 2.24) is 0 Å². The maximum Gasteiger partial charge on any atom is 2.00 e. The molecule has 0 saturated heterocycles. The van der Waals surface area contributed by atoms with Gasteiger partial charge >= 0.3 is 18.6 Å². The van der Waals surface area contributed by atoms with E-state index in [2.05, 4.69) is 16.4 Å². The van der Waals surface area contributed by atoms with Gasteiger partial charge in [-0.3, -0.25) is 6.08 Å². The van der Waals surface area contributed by atoms with Crippen molar-refractivity contribution < 1.29 is 22.8 Å². The minimum Gasteiger partial charge on any atom is -0.386 e. The Morgan fingerprint density at radius 2 is 1.93 bits per heavy atom. The van der Waals surface area contributed by atoms with Crippen LogP contribution < -0.4 is 4.29 Å². The summed E-state index contributed by atoms with van der Waals surface area (Å²) in [5.74, 6) is 0.675. The number of hydrogen-bond acceptors (Lipinski definition) is 1. The molecule has 0 bridgehead atoms. The first kappa shape index (κ1) is 13.4. The van der Waals surface area contributed by atoms with Crippen molar-refractivity contribution in [1.29, 1.82) is 0 Å². The average molecular weight is 245 g/mol. The first-order valence-electron chi connectivity index (χ1n) is 3.99. The average Bonchev–Trinajstić information content (AvgIpc) is 2.77. The molecule has 1 aliphatic carbocycles. The van der Waals surface area contributed by atoms with E-state index in [9.17, 15) is 0 Å². The summed E-state index contributed by atoms with van der Waals surface area (Å²) in [6.07, 6.45) is 10.0. The van der Waals surface area contributed by atoms with Crippen molar-refractivity contribution in [3.05, 3.63) is 54.6 Å². The monoisotopic (exact) mass is 244 g/mol. The summed E-state index contributed by atoms with van der Waals surface area (Å²) >= 11 is 5.03. The first-order chi connectivity index (χ1) is 6.43. The minimum atomic E-state index is 0. The zero-order chi connectivity index (χ0) is 9.36. The molecule has 0 saturated carbocycles. The number of halogens is 1. The molecule has 1 aromatic carbocycles. The summed E-state index contributed by atoms with van der Waals surface area (Å²) < 4.78 is 4.39. The van der Waals surface area contributed by atoms with Crippen LogP contribution in [0.3, 0.4) is 0 Å². The SMILES string of the molecule is ClOc1ccccc1.[C-]1=CC=CC1.[V+2]. The molecule has 0 atom stereocenters. The predicted molar refractivity (Wildman–Crippen MR) is 54.5 cm³/mol. The minimum absolute atomic E-state index is 0. The van der Waals surface area contributed by atoms with Crippen molar-refractivity contribution in [3.8, 4) is 5.75 Å². The van der Waals surface area contributed by atoms with E-state index in [1.165, 1.54) is 0 Å². The molecular formula is C11H10ClOV+. The molecule has 1 aromatic rings. The molecule has 0 N–H and O–H groups in total. The zero-order valence-corrected chi connectivity index (χ0v) is 9.71. The van der Waals surface area contributed by atoms with Gasteiger partial charge < -0.3 is 4.29 Å². The summed E-state index contributed by atoms with van der Waals surface area (Å²) in [5, 5.41) is 0. The van der Waals surface area contributed by atoms with Crippen LogP contribution in [-0.4, -0.2) is 0 Å². The Bertz CT molecular complexity index is 273. The molecule has 0 fully saturated rings. The van der Waals surface area contributed by atoms with Gasteiger partial charge in [0.2, 0.25) is 0 Å². The van der Waals surface area contributed by atoms with Crippen LogP contribution in [0.4, 0.5) is 0 Å². The molecule has 0 spiro atoms. The van der Waals surface area contributed by atoms with E-state index in [0.717, 1.165) is 6.42 Å². The molecule has 1 radical (unpaired) electrons. The van der Waals surface area contributed by atoms with E-state index >= 15 is 0 Å². The first-order valence-corrected chi connectivity index (χ1v) is 4.29. The largest absolute Gasteiger partial charge is 2.00 e. The van der Waals surface area contributed by atoms with Crippen molar-refractivity contribution in [2.24, 2.45) is 0 Å². The Morgan fingerprint density at radius 1 is 1.21 bits per heavy atom. The molecule has 0 aliphatic heterocycles. The van der Waals surface area contributed by atoms with Gasteiger partial charge in [-0.05, 0) is 12.1 Å². The molecule has 0 aromatic heterocycles. The molecule has 71 valence electrons. The number of rotatable bonds is 1. The Morgan fingerprint density at radius 3 is 2.21 bits per heavy atom. The molecular weight excluding hydrogens is 235 g/mol. The van der Waals surface area contributed by atoms with Crippen LogP contribution in [0.1, 0.15) is 6.42 Å². The second-order valence-corrected chi connectivity index (χ2v) is 2.55. The second kappa shape index (κ2) is 8.95. The number of hydrogen-bond donors (Lipinski definition) is 0. The second-order valence-electron chi connectivity index (χ2n) is 2.39. The Hall–Kier alpha value is -0.626. The van der Waals surface area contributed by atoms with E-state index < -0.39 is 0 Å². The van der Waals surface area contributed by atoms with E-state index in [1.807, 2.05) is 30.4 Å². The molecule has 14 heavy (non-hydrogen) atoms. The van der Waals surface area contributed by atoms with Crippen LogP contribution in [0.15, 0.2) is 48.6 Å². The topological polar surface area (TPSA) is 9.23 Å². The Balaban J connectivity index is 0.000000246. The van der Waals surface area contributed by atoms with Crippen LogP contribution in [-0.2, 0) is 18.6 Å². The van der Waals surface area contributed by atoms with Crippen LogP contribution in [0.5, 0.6) is 5.75 Å². The molecule has 2 rings (SSSR count). The normalized spacial score (nSPS) is 11.2.